The zero-order valence-corrected chi connectivity index (χ0v) is 76.1. The lowest BCUT2D eigenvalue weighted by Crippen LogP contribution is -2.28. The average Bonchev–Trinajstić information content (AvgIpc) is 0.846. The first-order chi connectivity index (χ1) is 67.2. The van der Waals surface area contributed by atoms with Crippen LogP contribution in [0.5, 0.6) is 80.5 Å². The van der Waals surface area contributed by atoms with E-state index in [2.05, 4.69) is 0 Å². The molecular formula is C116H112O20. The maximum absolute atomic E-state index is 6.98. The molecule has 1 saturated heterocycles. The molecule has 0 aliphatic carbocycles. The SMILES string of the molecule is c1ccc(COc2cc(COc3cc(COc4cc(COCC5COCCOCCOCCOCCO5)cc(OCc5cc(OCc6cc(OCc7ccccc7)cc(OCc7ccccc7)c6)cc(OCc6cc(OCc7ccccc7)cc(OCc7ccccc7)c6)c5)c4)cc(OCc4cc(OCc5ccccc5)cc(OCc5ccccc5)c4)c3)cc(OCc3ccccc3)c2)cc1. The molecule has 0 amide bonds. The van der Waals surface area contributed by atoms with Gasteiger partial charge in [-0.2, -0.15) is 0 Å². The summed E-state index contributed by atoms with van der Waals surface area (Å²) in [5.41, 5.74) is 13.6. The molecule has 1 atom stereocenters. The van der Waals surface area contributed by atoms with Crippen molar-refractivity contribution in [2.24, 2.45) is 0 Å². The number of hydrogen-bond acceptors (Lipinski definition) is 20. The van der Waals surface area contributed by atoms with Gasteiger partial charge in [-0.3, -0.25) is 0 Å². The lowest BCUT2D eigenvalue weighted by Gasteiger charge is -2.19. The molecule has 0 saturated carbocycles. The van der Waals surface area contributed by atoms with Crippen molar-refractivity contribution in [3.05, 3.63) is 454 Å². The Labute approximate surface area is 795 Å². The molecule has 696 valence electrons. The molecule has 136 heavy (non-hydrogen) atoms. The van der Waals surface area contributed by atoms with E-state index >= 15 is 0 Å². The Balaban J connectivity index is 0.707. The number of ether oxygens (including phenoxy) is 20. The van der Waals surface area contributed by atoms with Crippen LogP contribution in [0.3, 0.4) is 0 Å². The van der Waals surface area contributed by atoms with Crippen LogP contribution >= 0.6 is 0 Å². The Bertz CT molecular complexity index is 5140. The quantitative estimate of drug-likeness (QED) is 0.0350. The van der Waals surface area contributed by atoms with E-state index in [0.29, 0.717) is 186 Å². The highest BCUT2D eigenvalue weighted by molar-refractivity contribution is 5.47. The van der Waals surface area contributed by atoms with Crippen LogP contribution in [-0.2, 0) is 128 Å². The summed E-state index contributed by atoms with van der Waals surface area (Å²) in [7, 11) is 0. The predicted molar refractivity (Wildman–Crippen MR) is 520 cm³/mol. The van der Waals surface area contributed by atoms with Gasteiger partial charge in [-0.1, -0.05) is 243 Å². The summed E-state index contributed by atoms with van der Waals surface area (Å²) >= 11 is 0. The van der Waals surface area contributed by atoms with Crippen LogP contribution in [-0.4, -0.2) is 72.2 Å². The second kappa shape index (κ2) is 52.1. The van der Waals surface area contributed by atoms with Crippen LogP contribution in [0.15, 0.2) is 370 Å². The number of benzene rings is 15. The second-order valence-electron chi connectivity index (χ2n) is 32.5. The number of hydrogen-bond donors (Lipinski definition) is 0. The fourth-order valence-corrected chi connectivity index (χ4v) is 14.7. The highest BCUT2D eigenvalue weighted by Crippen LogP contribution is 2.36. The van der Waals surface area contributed by atoms with Crippen LogP contribution in [0.2, 0.25) is 0 Å². The first-order valence-electron chi connectivity index (χ1n) is 45.8. The molecule has 1 aliphatic heterocycles. The summed E-state index contributed by atoms with van der Waals surface area (Å²) in [6.07, 6.45) is -0.435. The molecule has 1 unspecified atom stereocenters. The molecule has 0 N–H and O–H groups in total. The Morgan fingerprint density at radius 2 is 0.301 bits per heavy atom. The van der Waals surface area contributed by atoms with Crippen molar-refractivity contribution >= 4 is 0 Å². The van der Waals surface area contributed by atoms with Crippen molar-refractivity contribution in [2.45, 2.75) is 105 Å². The number of rotatable bonds is 46. The Morgan fingerprint density at radius 3 is 0.478 bits per heavy atom. The monoisotopic (exact) mass is 1820 g/mol. The molecule has 15 aromatic rings. The first-order valence-corrected chi connectivity index (χ1v) is 45.8. The topological polar surface area (TPSA) is 185 Å². The molecule has 20 heteroatoms. The first kappa shape index (κ1) is 94.5. The minimum atomic E-state index is -0.435. The van der Waals surface area contributed by atoms with Gasteiger partial charge in [0, 0.05) is 42.5 Å². The minimum absolute atomic E-state index is 0.0501. The van der Waals surface area contributed by atoms with E-state index in [1.54, 1.807) is 0 Å². The highest BCUT2D eigenvalue weighted by atomic mass is 16.6. The molecule has 20 nitrogen and oxygen atoms in total. The van der Waals surface area contributed by atoms with Gasteiger partial charge >= 0.3 is 0 Å². The summed E-state index contributed by atoms with van der Waals surface area (Å²) in [5, 5.41) is 0. The van der Waals surface area contributed by atoms with E-state index in [4.69, 9.17) is 94.7 Å². The summed E-state index contributed by atoms with van der Waals surface area (Å²) in [4.78, 5) is 0. The van der Waals surface area contributed by atoms with Gasteiger partial charge in [0.2, 0.25) is 0 Å². The smallest absolute Gasteiger partial charge is 0.123 e. The minimum Gasteiger partial charge on any atom is -0.489 e. The van der Waals surface area contributed by atoms with Gasteiger partial charge in [0.05, 0.1) is 72.7 Å². The third kappa shape index (κ3) is 32.6. The van der Waals surface area contributed by atoms with E-state index in [0.717, 1.165) is 83.5 Å². The Hall–Kier alpha value is -14.7. The van der Waals surface area contributed by atoms with Crippen molar-refractivity contribution in [1.82, 2.24) is 0 Å². The molecular weight excluding hydrogens is 1710 g/mol. The largest absolute Gasteiger partial charge is 0.489 e. The molecule has 16 rings (SSSR count). The van der Waals surface area contributed by atoms with Crippen LogP contribution in [0, 0.1) is 0 Å². The van der Waals surface area contributed by atoms with Gasteiger partial charge < -0.3 is 94.7 Å². The van der Waals surface area contributed by atoms with Crippen molar-refractivity contribution in [1.29, 1.82) is 0 Å². The normalized spacial score (nSPS) is 13.0. The lowest BCUT2D eigenvalue weighted by molar-refractivity contribution is -0.0801. The van der Waals surface area contributed by atoms with Crippen LogP contribution < -0.4 is 66.3 Å². The van der Waals surface area contributed by atoms with Crippen LogP contribution in [0.25, 0.3) is 0 Å². The van der Waals surface area contributed by atoms with E-state index in [1.807, 2.05) is 370 Å². The molecule has 1 heterocycles. The molecule has 0 aromatic heterocycles. The summed E-state index contributed by atoms with van der Waals surface area (Å²) < 4.78 is 129. The predicted octanol–water partition coefficient (Wildman–Crippen LogP) is 23.8. The van der Waals surface area contributed by atoms with Gasteiger partial charge in [-0.05, 0) is 168 Å². The van der Waals surface area contributed by atoms with E-state index < -0.39 is 6.10 Å². The van der Waals surface area contributed by atoms with Gasteiger partial charge in [0.15, 0.2) is 0 Å². The Morgan fingerprint density at radius 1 is 0.154 bits per heavy atom. The van der Waals surface area contributed by atoms with Gasteiger partial charge in [0.1, 0.15) is 179 Å². The van der Waals surface area contributed by atoms with Crippen molar-refractivity contribution in [3.8, 4) is 80.5 Å². The third-order valence-corrected chi connectivity index (χ3v) is 21.6. The molecule has 0 radical (unpaired) electrons. The molecule has 0 bridgehead atoms. The van der Waals surface area contributed by atoms with Gasteiger partial charge in [-0.25, -0.2) is 0 Å². The fraction of sp³-hybridized carbons (Fsp3) is 0.224. The maximum atomic E-state index is 6.98. The average molecular weight is 1830 g/mol. The standard InChI is InChI=1S/C116H112O20/c1-9-25-87(26-10-1)71-123-104-51-96(52-105(64-104)124-72-88-27-11-2-12-28-88)81-133-112-59-100(60-113(68-112)134-82-97-53-106(125-73-89-29-13-3-14-30-89)65-107(54-97)126-74-90-31-15-4-16-32-90)79-131-102-49-95(70-121-86-116-85-120-46-45-118-42-41-117-43-44-119-47-48-122-116)50-103(63-102)132-80-101-61-114(135-83-98-55-108(127-75-91-33-17-5-18-34-91)66-109(56-98)128-76-92-35-19-6-20-36-92)69-115(62-101)136-84-99-57-110(129-77-93-37-21-7-22-38-93)67-111(58-99)130-78-94-39-23-8-24-40-94/h1-40,49-69,116H,41-48,70-86H2. The zero-order chi connectivity index (χ0) is 92.3. The zero-order valence-electron chi connectivity index (χ0n) is 76.1. The van der Waals surface area contributed by atoms with Gasteiger partial charge in [-0.15, -0.1) is 0 Å². The van der Waals surface area contributed by atoms with E-state index in [-0.39, 0.29) is 59.5 Å². The maximum Gasteiger partial charge on any atom is 0.123 e. The van der Waals surface area contributed by atoms with E-state index in [9.17, 15) is 0 Å². The van der Waals surface area contributed by atoms with Gasteiger partial charge in [0.25, 0.3) is 0 Å². The fourth-order valence-electron chi connectivity index (χ4n) is 14.7. The molecule has 1 aliphatic rings. The highest BCUT2D eigenvalue weighted by Gasteiger charge is 2.19. The molecule has 0 spiro atoms. The second-order valence-corrected chi connectivity index (χ2v) is 32.5. The lowest BCUT2D eigenvalue weighted by atomic mass is 10.1. The third-order valence-electron chi connectivity index (χ3n) is 21.6. The summed E-state index contributed by atoms with van der Waals surface area (Å²) in [5.74, 6) is 8.00. The van der Waals surface area contributed by atoms with Crippen molar-refractivity contribution in [3.63, 3.8) is 0 Å². The van der Waals surface area contributed by atoms with Crippen LogP contribution in [0.1, 0.15) is 83.5 Å². The molecule has 1 fully saturated rings. The van der Waals surface area contributed by atoms with Crippen molar-refractivity contribution < 1.29 is 94.7 Å². The van der Waals surface area contributed by atoms with Crippen LogP contribution in [0.4, 0.5) is 0 Å². The van der Waals surface area contributed by atoms with E-state index in [1.165, 1.54) is 0 Å². The summed E-state index contributed by atoms with van der Waals surface area (Å²) in [6.45, 7) is 7.28. The molecule has 15 aromatic carbocycles. The Kier molecular flexibility index (Phi) is 36.2. The van der Waals surface area contributed by atoms with Crippen molar-refractivity contribution in [2.75, 3.05) is 66.1 Å². The summed E-state index contributed by atoms with van der Waals surface area (Å²) in [6, 6.07) is 121.